The maximum atomic E-state index is 12.2. The first-order valence-electron chi connectivity index (χ1n) is 7.25. The monoisotopic (exact) mass is 411 g/mol. The molecule has 1 heterocycles. The van der Waals surface area contributed by atoms with E-state index < -0.39 is 10.0 Å². The average molecular weight is 412 g/mol. The second-order valence-corrected chi connectivity index (χ2v) is 9.49. The SMILES string of the molecule is O=S(=O)(Cc1ccc(Cl)cc1)Nc1nnc(SCc2ccccc2)s1. The Morgan fingerprint density at radius 2 is 1.72 bits per heavy atom. The van der Waals surface area contributed by atoms with E-state index in [4.69, 9.17) is 11.6 Å². The van der Waals surface area contributed by atoms with Crippen LogP contribution in [-0.4, -0.2) is 18.6 Å². The number of halogens is 1. The highest BCUT2D eigenvalue weighted by Crippen LogP contribution is 2.29. The Balaban J connectivity index is 1.59. The predicted octanol–water partition coefficient (Wildman–Crippen LogP) is 4.43. The second kappa shape index (κ2) is 8.18. The van der Waals surface area contributed by atoms with Crippen molar-refractivity contribution in [1.29, 1.82) is 0 Å². The van der Waals surface area contributed by atoms with Gasteiger partial charge in [-0.1, -0.05) is 77.2 Å². The molecule has 0 unspecified atom stereocenters. The molecule has 0 bridgehead atoms. The van der Waals surface area contributed by atoms with Gasteiger partial charge in [0.15, 0.2) is 4.34 Å². The molecular weight excluding hydrogens is 398 g/mol. The first-order chi connectivity index (χ1) is 12.0. The number of aromatic nitrogens is 2. The maximum Gasteiger partial charge on any atom is 0.238 e. The molecule has 0 spiro atoms. The van der Waals surface area contributed by atoms with Crippen molar-refractivity contribution in [3.63, 3.8) is 0 Å². The minimum atomic E-state index is -3.55. The minimum Gasteiger partial charge on any atom is -0.257 e. The van der Waals surface area contributed by atoms with Gasteiger partial charge in [-0.25, -0.2) is 8.42 Å². The molecule has 2 aromatic carbocycles. The van der Waals surface area contributed by atoms with Gasteiger partial charge in [0.1, 0.15) is 0 Å². The van der Waals surface area contributed by atoms with E-state index in [-0.39, 0.29) is 10.9 Å². The molecule has 0 saturated carbocycles. The Labute approximate surface area is 159 Å². The molecule has 1 N–H and O–H groups in total. The molecule has 3 aromatic rings. The van der Waals surface area contributed by atoms with E-state index in [0.29, 0.717) is 14.9 Å². The van der Waals surface area contributed by atoms with Crippen LogP contribution in [0.2, 0.25) is 5.02 Å². The van der Waals surface area contributed by atoms with Crippen LogP contribution in [0.5, 0.6) is 0 Å². The molecule has 130 valence electrons. The number of hydrogen-bond acceptors (Lipinski definition) is 6. The fraction of sp³-hybridized carbons (Fsp3) is 0.125. The molecule has 3 rings (SSSR count). The van der Waals surface area contributed by atoms with E-state index in [1.807, 2.05) is 30.3 Å². The van der Waals surface area contributed by atoms with Crippen LogP contribution in [0.4, 0.5) is 5.13 Å². The van der Waals surface area contributed by atoms with Gasteiger partial charge in [-0.3, -0.25) is 4.72 Å². The number of nitrogens with one attached hydrogen (secondary N) is 1. The van der Waals surface area contributed by atoms with Gasteiger partial charge in [0.2, 0.25) is 15.2 Å². The van der Waals surface area contributed by atoms with E-state index in [0.717, 1.165) is 5.75 Å². The van der Waals surface area contributed by atoms with Crippen molar-refractivity contribution in [2.45, 2.75) is 15.8 Å². The Kier molecular flexibility index (Phi) is 5.95. The Hall–Kier alpha value is -1.61. The van der Waals surface area contributed by atoms with Crippen LogP contribution in [0, 0.1) is 0 Å². The molecule has 9 heteroatoms. The summed E-state index contributed by atoms with van der Waals surface area (Å²) in [5.74, 6) is 0.614. The lowest BCUT2D eigenvalue weighted by Gasteiger charge is -2.04. The Bertz CT molecular complexity index is 929. The lowest BCUT2D eigenvalue weighted by atomic mass is 10.2. The van der Waals surface area contributed by atoms with Gasteiger partial charge in [0.05, 0.1) is 5.75 Å². The summed E-state index contributed by atoms with van der Waals surface area (Å²) in [6.07, 6.45) is 0. The van der Waals surface area contributed by atoms with Crippen molar-refractivity contribution in [3.8, 4) is 0 Å². The van der Waals surface area contributed by atoms with E-state index in [2.05, 4.69) is 14.9 Å². The second-order valence-electron chi connectivity index (χ2n) is 5.14. The molecule has 0 saturated heterocycles. The molecule has 5 nitrogen and oxygen atoms in total. The summed E-state index contributed by atoms with van der Waals surface area (Å²) in [5.41, 5.74) is 1.83. The van der Waals surface area contributed by atoms with E-state index in [9.17, 15) is 8.42 Å². The van der Waals surface area contributed by atoms with Crippen LogP contribution < -0.4 is 4.72 Å². The maximum absolute atomic E-state index is 12.2. The van der Waals surface area contributed by atoms with Crippen molar-refractivity contribution in [2.24, 2.45) is 0 Å². The third kappa shape index (κ3) is 5.71. The van der Waals surface area contributed by atoms with E-state index in [1.54, 1.807) is 24.3 Å². The molecule has 0 aliphatic rings. The van der Waals surface area contributed by atoms with Crippen molar-refractivity contribution in [1.82, 2.24) is 10.2 Å². The largest absolute Gasteiger partial charge is 0.257 e. The molecule has 0 aliphatic heterocycles. The number of benzene rings is 2. The smallest absolute Gasteiger partial charge is 0.238 e. The van der Waals surface area contributed by atoms with E-state index in [1.165, 1.54) is 28.7 Å². The van der Waals surface area contributed by atoms with Crippen LogP contribution in [-0.2, 0) is 21.5 Å². The fourth-order valence-corrected chi connectivity index (χ4v) is 5.24. The highest BCUT2D eigenvalue weighted by atomic mass is 35.5. The van der Waals surface area contributed by atoms with Gasteiger partial charge in [0, 0.05) is 10.8 Å². The quantitative estimate of drug-likeness (QED) is 0.582. The number of nitrogens with zero attached hydrogens (tertiary/aromatic N) is 2. The molecule has 0 radical (unpaired) electrons. The van der Waals surface area contributed by atoms with Gasteiger partial charge < -0.3 is 0 Å². The number of thioether (sulfide) groups is 1. The summed E-state index contributed by atoms with van der Waals surface area (Å²) in [6, 6.07) is 16.7. The summed E-state index contributed by atoms with van der Waals surface area (Å²) in [4.78, 5) is 0. The first-order valence-corrected chi connectivity index (χ1v) is 11.1. The molecular formula is C16H14ClN3O2S3. The Morgan fingerprint density at radius 3 is 2.44 bits per heavy atom. The van der Waals surface area contributed by atoms with Crippen molar-refractivity contribution < 1.29 is 8.42 Å². The molecule has 0 fully saturated rings. The number of rotatable bonds is 7. The molecule has 0 atom stereocenters. The summed E-state index contributed by atoms with van der Waals surface area (Å²) in [7, 11) is -3.55. The third-order valence-corrected chi connectivity index (χ3v) is 6.77. The normalized spacial score (nSPS) is 11.4. The highest BCUT2D eigenvalue weighted by molar-refractivity contribution is 8.00. The molecule has 0 aliphatic carbocycles. The van der Waals surface area contributed by atoms with Crippen LogP contribution in [0.1, 0.15) is 11.1 Å². The Morgan fingerprint density at radius 1 is 1.00 bits per heavy atom. The fourth-order valence-electron chi connectivity index (χ4n) is 2.00. The van der Waals surface area contributed by atoms with Crippen LogP contribution in [0.3, 0.4) is 0 Å². The molecule has 0 amide bonds. The zero-order chi connectivity index (χ0) is 17.7. The zero-order valence-corrected chi connectivity index (χ0v) is 16.1. The number of hydrogen-bond donors (Lipinski definition) is 1. The average Bonchev–Trinajstić information content (AvgIpc) is 3.02. The van der Waals surface area contributed by atoms with E-state index >= 15 is 0 Å². The van der Waals surface area contributed by atoms with Gasteiger partial charge in [-0.2, -0.15) is 0 Å². The number of anilines is 1. The minimum absolute atomic E-state index is 0.143. The van der Waals surface area contributed by atoms with Crippen molar-refractivity contribution >= 4 is 49.9 Å². The van der Waals surface area contributed by atoms with Gasteiger partial charge in [0.25, 0.3) is 0 Å². The third-order valence-electron chi connectivity index (χ3n) is 3.12. The van der Waals surface area contributed by atoms with Crippen LogP contribution >= 0.6 is 34.7 Å². The summed E-state index contributed by atoms with van der Waals surface area (Å²) < 4.78 is 27.6. The standard InChI is InChI=1S/C16H14ClN3O2S3/c17-14-8-6-13(7-9-14)11-25(21,22)20-15-18-19-16(24-15)23-10-12-4-2-1-3-5-12/h1-9H,10-11H2,(H,18,20). The lowest BCUT2D eigenvalue weighted by Crippen LogP contribution is -2.14. The topological polar surface area (TPSA) is 72.0 Å². The van der Waals surface area contributed by atoms with Crippen LogP contribution in [0.25, 0.3) is 0 Å². The molecule has 25 heavy (non-hydrogen) atoms. The van der Waals surface area contributed by atoms with Crippen molar-refractivity contribution in [2.75, 3.05) is 4.72 Å². The zero-order valence-electron chi connectivity index (χ0n) is 12.9. The van der Waals surface area contributed by atoms with Gasteiger partial charge in [-0.15, -0.1) is 10.2 Å². The highest BCUT2D eigenvalue weighted by Gasteiger charge is 2.15. The predicted molar refractivity (Wildman–Crippen MR) is 104 cm³/mol. The summed E-state index contributed by atoms with van der Waals surface area (Å²) in [5, 5.41) is 8.76. The number of sulfonamides is 1. The summed E-state index contributed by atoms with van der Waals surface area (Å²) >= 11 is 8.55. The first kappa shape index (κ1) is 18.2. The molecule has 1 aromatic heterocycles. The van der Waals surface area contributed by atoms with Crippen molar-refractivity contribution in [3.05, 3.63) is 70.7 Å². The van der Waals surface area contributed by atoms with Crippen LogP contribution in [0.15, 0.2) is 58.9 Å². The summed E-state index contributed by atoms with van der Waals surface area (Å²) in [6.45, 7) is 0. The van der Waals surface area contributed by atoms with Gasteiger partial charge in [-0.05, 0) is 23.3 Å². The van der Waals surface area contributed by atoms with Gasteiger partial charge >= 0.3 is 0 Å². The lowest BCUT2D eigenvalue weighted by molar-refractivity contribution is 0.600.